The van der Waals surface area contributed by atoms with E-state index in [9.17, 15) is 5.26 Å². The fourth-order valence-corrected chi connectivity index (χ4v) is 5.24. The molecule has 0 amide bonds. The van der Waals surface area contributed by atoms with Crippen LogP contribution in [0.5, 0.6) is 0 Å². The molecule has 0 atom stereocenters. The summed E-state index contributed by atoms with van der Waals surface area (Å²) in [6, 6.07) is 2.84. The maximum Gasteiger partial charge on any atom is 0.300 e. The minimum atomic E-state index is 0.252. The Morgan fingerprint density at radius 1 is 1.00 bits per heavy atom. The first-order chi connectivity index (χ1) is 14.2. The molecule has 0 aliphatic carbocycles. The van der Waals surface area contributed by atoms with Crippen LogP contribution < -0.4 is 0 Å². The molecule has 6 nitrogen and oxygen atoms in total. The largest absolute Gasteiger partial charge is 0.369 e. The zero-order chi connectivity index (χ0) is 20.5. The van der Waals surface area contributed by atoms with Gasteiger partial charge in [-0.05, 0) is 77.7 Å². The number of hydrogen-bond acceptors (Lipinski definition) is 5. The van der Waals surface area contributed by atoms with Crippen LogP contribution in [-0.4, -0.2) is 85.0 Å². The standard InChI is InChI=1S/C23H38N6/c1-25-22(20-24)23(26(2)12-9-15-27-13-5-3-6-14-27)29-18-10-21(11-19-29)28-16-7-4-8-17-28/h21H,3-19H2,2H3. The molecule has 3 rings (SSSR count). The van der Waals surface area contributed by atoms with E-state index in [0.29, 0.717) is 6.04 Å². The van der Waals surface area contributed by atoms with Crippen LogP contribution in [0.3, 0.4) is 0 Å². The molecule has 3 saturated heterocycles. The molecule has 0 N–H and O–H groups in total. The molecule has 6 heteroatoms. The van der Waals surface area contributed by atoms with E-state index in [1.165, 1.54) is 64.7 Å². The van der Waals surface area contributed by atoms with Gasteiger partial charge in [0, 0.05) is 32.7 Å². The van der Waals surface area contributed by atoms with Gasteiger partial charge in [-0.25, -0.2) is 10.1 Å². The summed E-state index contributed by atoms with van der Waals surface area (Å²) in [6.45, 7) is 16.4. The lowest BCUT2D eigenvalue weighted by Crippen LogP contribution is -2.48. The van der Waals surface area contributed by atoms with Crippen LogP contribution in [0.15, 0.2) is 11.5 Å². The Balaban J connectivity index is 1.55. The lowest BCUT2D eigenvalue weighted by molar-refractivity contribution is 0.0915. The first-order valence-corrected chi connectivity index (χ1v) is 11.7. The topological polar surface area (TPSA) is 41.1 Å². The second kappa shape index (κ2) is 11.4. The van der Waals surface area contributed by atoms with Gasteiger partial charge in [0.25, 0.3) is 0 Å². The van der Waals surface area contributed by atoms with Crippen molar-refractivity contribution in [3.8, 4) is 6.07 Å². The van der Waals surface area contributed by atoms with Gasteiger partial charge in [-0.15, -0.1) is 0 Å². The highest BCUT2D eigenvalue weighted by atomic mass is 15.3. The van der Waals surface area contributed by atoms with Gasteiger partial charge in [0.1, 0.15) is 5.82 Å². The average Bonchev–Trinajstić information content (AvgIpc) is 2.79. The average molecular weight is 399 g/mol. The summed E-state index contributed by atoms with van der Waals surface area (Å²) in [5.41, 5.74) is 0.252. The summed E-state index contributed by atoms with van der Waals surface area (Å²) in [6.07, 6.45) is 11.4. The van der Waals surface area contributed by atoms with E-state index in [2.05, 4.69) is 37.6 Å². The Hall–Kier alpha value is -1.76. The Labute approximate surface area is 177 Å². The Morgan fingerprint density at radius 3 is 2.21 bits per heavy atom. The van der Waals surface area contributed by atoms with Crippen LogP contribution in [0.2, 0.25) is 0 Å². The van der Waals surface area contributed by atoms with E-state index in [1.54, 1.807) is 0 Å². The third-order valence-corrected chi connectivity index (χ3v) is 6.88. The molecule has 0 bridgehead atoms. The van der Waals surface area contributed by atoms with Gasteiger partial charge in [-0.3, -0.25) is 0 Å². The third kappa shape index (κ3) is 6.11. The van der Waals surface area contributed by atoms with Crippen molar-refractivity contribution in [3.63, 3.8) is 0 Å². The number of rotatable bonds is 7. The van der Waals surface area contributed by atoms with Crippen molar-refractivity contribution in [2.24, 2.45) is 0 Å². The van der Waals surface area contributed by atoms with Crippen molar-refractivity contribution in [1.29, 1.82) is 5.26 Å². The molecule has 3 aliphatic heterocycles. The summed E-state index contributed by atoms with van der Waals surface area (Å²) < 4.78 is 0. The van der Waals surface area contributed by atoms with Gasteiger partial charge in [0.05, 0.1) is 12.6 Å². The van der Waals surface area contributed by atoms with E-state index < -0.39 is 0 Å². The second-order valence-electron chi connectivity index (χ2n) is 8.89. The molecule has 0 spiro atoms. The molecule has 0 radical (unpaired) electrons. The van der Waals surface area contributed by atoms with Crippen LogP contribution in [0.4, 0.5) is 0 Å². The van der Waals surface area contributed by atoms with E-state index in [-0.39, 0.29) is 5.70 Å². The minimum absolute atomic E-state index is 0.252. The predicted octanol–water partition coefficient (Wildman–Crippen LogP) is 3.36. The zero-order valence-electron chi connectivity index (χ0n) is 18.3. The number of nitrogens with zero attached hydrogens (tertiary/aromatic N) is 6. The van der Waals surface area contributed by atoms with E-state index in [0.717, 1.165) is 51.3 Å². The van der Waals surface area contributed by atoms with Gasteiger partial charge in [0.2, 0.25) is 0 Å². The van der Waals surface area contributed by atoms with Gasteiger partial charge >= 0.3 is 5.70 Å². The summed E-state index contributed by atoms with van der Waals surface area (Å²) in [5, 5.41) is 9.57. The predicted molar refractivity (Wildman–Crippen MR) is 117 cm³/mol. The van der Waals surface area contributed by atoms with Gasteiger partial charge in [-0.2, -0.15) is 0 Å². The van der Waals surface area contributed by atoms with Crippen molar-refractivity contribution in [2.45, 2.75) is 63.8 Å². The number of piperidine rings is 3. The summed E-state index contributed by atoms with van der Waals surface area (Å²) in [4.78, 5) is 13.3. The zero-order valence-corrected chi connectivity index (χ0v) is 18.3. The van der Waals surface area contributed by atoms with Crippen molar-refractivity contribution in [2.75, 3.05) is 59.4 Å². The van der Waals surface area contributed by atoms with Crippen molar-refractivity contribution < 1.29 is 0 Å². The van der Waals surface area contributed by atoms with Crippen LogP contribution in [-0.2, 0) is 0 Å². The molecule has 0 saturated carbocycles. The van der Waals surface area contributed by atoms with Crippen LogP contribution >= 0.6 is 0 Å². The maximum absolute atomic E-state index is 9.57. The summed E-state index contributed by atoms with van der Waals surface area (Å²) in [5.74, 6) is 0.859. The highest BCUT2D eigenvalue weighted by Crippen LogP contribution is 2.25. The van der Waals surface area contributed by atoms with Gasteiger partial charge in [0.15, 0.2) is 0 Å². The normalized spacial score (nSPS) is 23.2. The number of hydrogen-bond donors (Lipinski definition) is 0. The molecule has 160 valence electrons. The highest BCUT2D eigenvalue weighted by Gasteiger charge is 2.28. The van der Waals surface area contributed by atoms with Gasteiger partial charge < -0.3 is 19.6 Å². The lowest BCUT2D eigenvalue weighted by atomic mass is 10.00. The molecule has 3 fully saturated rings. The van der Waals surface area contributed by atoms with E-state index in [4.69, 9.17) is 6.57 Å². The highest BCUT2D eigenvalue weighted by molar-refractivity contribution is 5.32. The van der Waals surface area contributed by atoms with Crippen molar-refractivity contribution in [1.82, 2.24) is 19.6 Å². The third-order valence-electron chi connectivity index (χ3n) is 6.88. The monoisotopic (exact) mass is 398 g/mol. The van der Waals surface area contributed by atoms with Crippen LogP contribution in [0, 0.1) is 17.9 Å². The molecular weight excluding hydrogens is 360 g/mol. The Kier molecular flexibility index (Phi) is 8.65. The fraction of sp³-hybridized carbons (Fsp3) is 0.826. The van der Waals surface area contributed by atoms with Gasteiger partial charge in [-0.1, -0.05) is 12.8 Å². The van der Waals surface area contributed by atoms with Crippen LogP contribution in [0.25, 0.3) is 4.85 Å². The first kappa shape index (κ1) is 21.9. The van der Waals surface area contributed by atoms with Crippen molar-refractivity contribution >= 4 is 0 Å². The molecule has 3 aliphatic rings. The smallest absolute Gasteiger partial charge is 0.300 e. The molecule has 0 unspecified atom stereocenters. The quantitative estimate of drug-likeness (QED) is 0.486. The molecule has 3 heterocycles. The van der Waals surface area contributed by atoms with E-state index >= 15 is 0 Å². The summed E-state index contributed by atoms with van der Waals surface area (Å²) >= 11 is 0. The summed E-state index contributed by atoms with van der Waals surface area (Å²) in [7, 11) is 2.06. The maximum atomic E-state index is 9.57. The molecule has 29 heavy (non-hydrogen) atoms. The lowest BCUT2D eigenvalue weighted by Gasteiger charge is -2.43. The number of allylic oxidation sites excluding steroid dienone is 1. The Morgan fingerprint density at radius 2 is 1.62 bits per heavy atom. The SMILES string of the molecule is [C-]#[N+]C(C#N)=C(N(C)CCCN1CCCCC1)N1CCC(N2CCCCC2)CC1. The van der Waals surface area contributed by atoms with E-state index in [1.807, 2.05) is 0 Å². The second-order valence-corrected chi connectivity index (χ2v) is 8.89. The Bertz CT molecular complexity index is 594. The number of likely N-dealkylation sites (tertiary alicyclic amines) is 3. The molecule has 0 aromatic heterocycles. The minimum Gasteiger partial charge on any atom is -0.369 e. The molecule has 0 aromatic rings. The molecular formula is C23H38N6. The fourth-order valence-electron chi connectivity index (χ4n) is 5.24. The van der Waals surface area contributed by atoms with Crippen molar-refractivity contribution in [3.05, 3.63) is 22.9 Å². The molecule has 0 aromatic carbocycles. The first-order valence-electron chi connectivity index (χ1n) is 11.7. The number of nitriles is 1. The van der Waals surface area contributed by atoms with Crippen LogP contribution in [0.1, 0.15) is 57.8 Å².